The van der Waals surface area contributed by atoms with Crippen LogP contribution in [0.5, 0.6) is 6.01 Å². The average molecular weight is 414 g/mol. The quantitative estimate of drug-likeness (QED) is 0.348. The minimum atomic E-state index is -0.870. The molecule has 10 nitrogen and oxygen atoms in total. The third kappa shape index (κ3) is 5.28. The molecule has 0 amide bonds. The molecular formula is C20H26N6O4. The number of hydrogen-bond donors (Lipinski definition) is 4. The number of H-pyrrole nitrogens is 1. The molecule has 1 aromatic carbocycles. The summed E-state index contributed by atoms with van der Waals surface area (Å²) in [7, 11) is 0. The Morgan fingerprint density at radius 3 is 2.93 bits per heavy atom. The van der Waals surface area contributed by atoms with Gasteiger partial charge in [0.15, 0.2) is 11.5 Å². The van der Waals surface area contributed by atoms with E-state index in [2.05, 4.69) is 27.2 Å². The van der Waals surface area contributed by atoms with Crippen molar-refractivity contribution < 1.29 is 14.6 Å². The predicted octanol–water partition coefficient (Wildman–Crippen LogP) is 2.01. The Morgan fingerprint density at radius 2 is 2.17 bits per heavy atom. The number of imidazole rings is 1. The number of nitrogens with zero attached hydrogens (tertiary/aromatic N) is 3. The molecule has 0 aliphatic heterocycles. The molecule has 10 heteroatoms. The summed E-state index contributed by atoms with van der Waals surface area (Å²) < 4.78 is 7.05. The van der Waals surface area contributed by atoms with Crippen LogP contribution in [0, 0.1) is 0 Å². The van der Waals surface area contributed by atoms with Crippen LogP contribution in [0.2, 0.25) is 0 Å². The summed E-state index contributed by atoms with van der Waals surface area (Å²) >= 11 is 0. The van der Waals surface area contributed by atoms with Crippen molar-refractivity contribution in [2.24, 2.45) is 0 Å². The van der Waals surface area contributed by atoms with Gasteiger partial charge in [-0.1, -0.05) is 25.5 Å². The number of nitrogens with two attached hydrogens (primary N) is 1. The number of carbonyl (C=O) groups is 1. The van der Waals surface area contributed by atoms with Crippen molar-refractivity contribution in [3.05, 3.63) is 40.3 Å². The molecule has 0 fully saturated rings. The summed E-state index contributed by atoms with van der Waals surface area (Å²) in [5.74, 6) is -0.694. The lowest BCUT2D eigenvalue weighted by molar-refractivity contribution is -0.136. The van der Waals surface area contributed by atoms with Crippen molar-refractivity contribution in [2.75, 3.05) is 24.2 Å². The maximum absolute atomic E-state index is 12.3. The number of nitrogen functional groups attached to an aromatic ring is 1. The number of aryl methyl sites for hydroxylation is 1. The maximum Gasteiger partial charge on any atom is 0.327 e. The van der Waals surface area contributed by atoms with Gasteiger partial charge in [-0.3, -0.25) is 9.36 Å². The summed E-state index contributed by atoms with van der Waals surface area (Å²) in [5.41, 5.74) is 8.02. The van der Waals surface area contributed by atoms with E-state index in [1.165, 1.54) is 4.57 Å². The van der Waals surface area contributed by atoms with E-state index in [9.17, 15) is 9.59 Å². The maximum atomic E-state index is 12.3. The van der Waals surface area contributed by atoms with Crippen molar-refractivity contribution in [1.82, 2.24) is 19.5 Å². The van der Waals surface area contributed by atoms with Gasteiger partial charge in [0.05, 0.1) is 13.0 Å². The molecule has 30 heavy (non-hydrogen) atoms. The number of benzene rings is 1. The van der Waals surface area contributed by atoms with E-state index in [-0.39, 0.29) is 23.9 Å². The van der Waals surface area contributed by atoms with Crippen LogP contribution < -0.4 is 21.5 Å². The second kappa shape index (κ2) is 9.77. The molecule has 0 unspecified atom stereocenters. The minimum absolute atomic E-state index is 0.0238. The number of carboxylic acids is 1. The van der Waals surface area contributed by atoms with Crippen molar-refractivity contribution >= 4 is 28.6 Å². The molecule has 0 atom stereocenters. The Labute approximate surface area is 173 Å². The fourth-order valence-electron chi connectivity index (χ4n) is 3.05. The van der Waals surface area contributed by atoms with Gasteiger partial charge in [-0.2, -0.15) is 9.97 Å². The number of unbranched alkanes of at least 4 members (excludes halogenated alkanes) is 1. The Hall–Kier alpha value is -3.56. The molecule has 5 N–H and O–H groups in total. The van der Waals surface area contributed by atoms with E-state index in [1.54, 1.807) is 12.1 Å². The van der Waals surface area contributed by atoms with Crippen molar-refractivity contribution in [3.63, 3.8) is 0 Å². The molecule has 0 spiro atoms. The second-order valence-corrected chi connectivity index (χ2v) is 6.93. The van der Waals surface area contributed by atoms with Gasteiger partial charge >= 0.3 is 17.7 Å². The van der Waals surface area contributed by atoms with Crippen LogP contribution in [0.3, 0.4) is 0 Å². The molecule has 160 valence electrons. The first kappa shape index (κ1) is 21.2. The third-order valence-electron chi connectivity index (χ3n) is 4.53. The predicted molar refractivity (Wildman–Crippen MR) is 114 cm³/mol. The number of nitrogens with one attached hydrogen (secondary N) is 2. The molecule has 0 aliphatic rings. The molecular weight excluding hydrogens is 388 g/mol. The fourth-order valence-corrected chi connectivity index (χ4v) is 3.05. The van der Waals surface area contributed by atoms with E-state index >= 15 is 0 Å². The minimum Gasteiger partial charge on any atom is -0.481 e. The van der Waals surface area contributed by atoms with Crippen LogP contribution in [0.25, 0.3) is 11.2 Å². The summed E-state index contributed by atoms with van der Waals surface area (Å²) in [6.45, 7) is 3.56. The monoisotopic (exact) mass is 414 g/mol. The van der Waals surface area contributed by atoms with Crippen LogP contribution in [0.4, 0.5) is 11.5 Å². The van der Waals surface area contributed by atoms with Crippen LogP contribution in [0.15, 0.2) is 29.1 Å². The highest BCUT2D eigenvalue weighted by Crippen LogP contribution is 2.18. The zero-order valence-corrected chi connectivity index (χ0v) is 16.9. The second-order valence-electron chi connectivity index (χ2n) is 6.93. The standard InChI is InChI=1S/C20H26N6O4/c1-2-3-10-30-19-24-17(21)16-18(25-19)26(20(29)23-16)9-5-8-22-14-7-4-6-13(11-14)12-15(27)28/h4,6-7,11,22H,2-3,5,8-10,12H2,1H3,(H,23,29)(H,27,28)(H2,21,24,25). The summed E-state index contributed by atoms with van der Waals surface area (Å²) in [6, 6.07) is 7.42. The number of aromatic nitrogens is 4. The molecule has 0 radical (unpaired) electrons. The molecule has 0 aliphatic carbocycles. The van der Waals surface area contributed by atoms with Crippen LogP contribution in [0.1, 0.15) is 31.7 Å². The lowest BCUT2D eigenvalue weighted by atomic mass is 10.1. The molecule has 0 bridgehead atoms. The van der Waals surface area contributed by atoms with E-state index in [0.717, 1.165) is 24.1 Å². The highest BCUT2D eigenvalue weighted by Gasteiger charge is 2.14. The van der Waals surface area contributed by atoms with E-state index in [0.29, 0.717) is 37.3 Å². The first-order valence-corrected chi connectivity index (χ1v) is 9.91. The highest BCUT2D eigenvalue weighted by atomic mass is 16.5. The number of ether oxygens (including phenoxy) is 1. The van der Waals surface area contributed by atoms with Gasteiger partial charge < -0.3 is 25.9 Å². The Morgan fingerprint density at radius 1 is 1.33 bits per heavy atom. The van der Waals surface area contributed by atoms with Gasteiger partial charge in [-0.25, -0.2) is 4.79 Å². The number of aliphatic carboxylic acids is 1. The molecule has 3 rings (SSSR count). The third-order valence-corrected chi connectivity index (χ3v) is 4.53. The molecule has 2 heterocycles. The number of aromatic amines is 1. The normalized spacial score (nSPS) is 11.0. The van der Waals surface area contributed by atoms with Gasteiger partial charge in [-0.15, -0.1) is 0 Å². The zero-order chi connectivity index (χ0) is 21.5. The van der Waals surface area contributed by atoms with E-state index < -0.39 is 5.97 Å². The SMILES string of the molecule is CCCCOc1nc(N)c2[nH]c(=O)n(CCCNc3cccc(CC(=O)O)c3)c2n1. The lowest BCUT2D eigenvalue weighted by Gasteiger charge is -2.09. The van der Waals surface area contributed by atoms with Crippen molar-refractivity contribution in [1.29, 1.82) is 0 Å². The van der Waals surface area contributed by atoms with Crippen LogP contribution in [-0.2, 0) is 17.8 Å². The number of rotatable bonds is 11. The Kier molecular flexibility index (Phi) is 6.89. The average Bonchev–Trinajstić information content (AvgIpc) is 3.01. The van der Waals surface area contributed by atoms with Gasteiger partial charge in [0.25, 0.3) is 0 Å². The Balaban J connectivity index is 1.65. The van der Waals surface area contributed by atoms with Gasteiger partial charge in [0, 0.05) is 18.8 Å². The van der Waals surface area contributed by atoms with Gasteiger partial charge in [-0.05, 0) is 30.5 Å². The van der Waals surface area contributed by atoms with E-state index in [1.807, 2.05) is 12.1 Å². The largest absolute Gasteiger partial charge is 0.481 e. The van der Waals surface area contributed by atoms with Crippen LogP contribution >= 0.6 is 0 Å². The topological polar surface area (TPSA) is 148 Å². The molecule has 0 saturated carbocycles. The highest BCUT2D eigenvalue weighted by molar-refractivity contribution is 5.81. The number of carboxylic acid groups (broad SMARTS) is 1. The van der Waals surface area contributed by atoms with E-state index in [4.69, 9.17) is 15.6 Å². The lowest BCUT2D eigenvalue weighted by Crippen LogP contribution is -2.19. The van der Waals surface area contributed by atoms with Gasteiger partial charge in [0.2, 0.25) is 0 Å². The van der Waals surface area contributed by atoms with Gasteiger partial charge in [0.1, 0.15) is 5.52 Å². The number of anilines is 2. The molecule has 0 saturated heterocycles. The van der Waals surface area contributed by atoms with Crippen LogP contribution in [-0.4, -0.2) is 43.7 Å². The first-order chi connectivity index (χ1) is 14.5. The molecule has 2 aromatic heterocycles. The molecule has 3 aromatic rings. The summed E-state index contributed by atoms with van der Waals surface area (Å²) in [5, 5.41) is 12.2. The van der Waals surface area contributed by atoms with Crippen molar-refractivity contribution in [2.45, 2.75) is 39.2 Å². The smallest absolute Gasteiger partial charge is 0.327 e. The number of fused-ring (bicyclic) bond motifs is 1. The van der Waals surface area contributed by atoms with Crippen molar-refractivity contribution in [3.8, 4) is 6.01 Å². The summed E-state index contributed by atoms with van der Waals surface area (Å²) in [6.07, 6.45) is 2.48. The summed E-state index contributed by atoms with van der Waals surface area (Å²) in [4.78, 5) is 34.3. The number of hydrogen-bond acceptors (Lipinski definition) is 7. The first-order valence-electron chi connectivity index (χ1n) is 9.91. The zero-order valence-electron chi connectivity index (χ0n) is 16.9. The Bertz CT molecular complexity index is 1070. The fraction of sp³-hybridized carbons (Fsp3) is 0.400.